The van der Waals surface area contributed by atoms with Gasteiger partial charge in [0.2, 0.25) is 0 Å². The van der Waals surface area contributed by atoms with Crippen LogP contribution in [0.15, 0.2) is 18.2 Å². The molecule has 1 aromatic heterocycles. The fraction of sp³-hybridized carbons (Fsp3) is 0.375. The number of thiocarbonyl (C=S) groups is 1. The maximum absolute atomic E-state index is 5.37. The second-order valence-corrected chi connectivity index (χ2v) is 5.81. The van der Waals surface area contributed by atoms with Crippen molar-refractivity contribution in [3.05, 3.63) is 46.3 Å². The van der Waals surface area contributed by atoms with E-state index in [-0.39, 0.29) is 0 Å². The topological polar surface area (TPSA) is 41.9 Å². The van der Waals surface area contributed by atoms with E-state index >= 15 is 0 Å². The molecular formula is C16H22N4S. The fourth-order valence-electron chi connectivity index (χ4n) is 2.36. The lowest BCUT2D eigenvalue weighted by molar-refractivity contribution is 0.729. The quantitative estimate of drug-likeness (QED) is 0.855. The summed E-state index contributed by atoms with van der Waals surface area (Å²) >= 11 is 5.37. The lowest BCUT2D eigenvalue weighted by atomic mass is 10.1. The summed E-state index contributed by atoms with van der Waals surface area (Å²) in [5.74, 6) is 0. The number of nitrogens with one attached hydrogen (secondary N) is 2. The molecule has 1 heterocycles. The van der Waals surface area contributed by atoms with Gasteiger partial charge in [0.05, 0.1) is 5.69 Å². The van der Waals surface area contributed by atoms with Crippen LogP contribution in [0.25, 0.3) is 0 Å². The molecule has 0 aliphatic heterocycles. The monoisotopic (exact) mass is 302 g/mol. The summed E-state index contributed by atoms with van der Waals surface area (Å²) in [6.45, 7) is 8.93. The van der Waals surface area contributed by atoms with E-state index in [0.29, 0.717) is 11.7 Å². The van der Waals surface area contributed by atoms with Crippen molar-refractivity contribution in [3.8, 4) is 0 Å². The van der Waals surface area contributed by atoms with Gasteiger partial charge in [-0.05, 0) is 51.5 Å². The van der Waals surface area contributed by atoms with Crippen molar-refractivity contribution in [2.75, 3.05) is 5.32 Å². The lowest BCUT2D eigenvalue weighted by Gasteiger charge is -2.13. The Morgan fingerprint density at radius 3 is 2.52 bits per heavy atom. The third kappa shape index (κ3) is 3.61. The van der Waals surface area contributed by atoms with Crippen LogP contribution < -0.4 is 10.6 Å². The Morgan fingerprint density at radius 1 is 1.24 bits per heavy atom. The molecule has 2 N–H and O–H groups in total. The summed E-state index contributed by atoms with van der Waals surface area (Å²) in [6, 6.07) is 6.27. The van der Waals surface area contributed by atoms with Crippen molar-refractivity contribution in [2.45, 2.75) is 34.2 Å². The number of benzene rings is 1. The molecule has 2 aromatic rings. The first kappa shape index (κ1) is 15.5. The number of anilines is 1. The molecule has 0 fully saturated rings. The first-order chi connectivity index (χ1) is 9.88. The Balaban J connectivity index is 1.99. The molecule has 0 saturated heterocycles. The zero-order valence-electron chi connectivity index (χ0n) is 13.2. The van der Waals surface area contributed by atoms with Crippen molar-refractivity contribution in [2.24, 2.45) is 7.05 Å². The first-order valence-corrected chi connectivity index (χ1v) is 7.40. The van der Waals surface area contributed by atoms with Crippen LogP contribution in [0, 0.1) is 27.7 Å². The zero-order valence-corrected chi connectivity index (χ0v) is 14.1. The maximum Gasteiger partial charge on any atom is 0.171 e. The molecule has 0 atom stereocenters. The van der Waals surface area contributed by atoms with Gasteiger partial charge >= 0.3 is 0 Å². The summed E-state index contributed by atoms with van der Waals surface area (Å²) < 4.78 is 1.90. The van der Waals surface area contributed by atoms with Crippen molar-refractivity contribution in [1.82, 2.24) is 15.1 Å². The highest BCUT2D eigenvalue weighted by atomic mass is 32.1. The van der Waals surface area contributed by atoms with Crippen LogP contribution in [0.4, 0.5) is 5.69 Å². The molecule has 112 valence electrons. The van der Waals surface area contributed by atoms with Crippen molar-refractivity contribution < 1.29 is 0 Å². The van der Waals surface area contributed by atoms with Gasteiger partial charge in [-0.2, -0.15) is 5.10 Å². The smallest absolute Gasteiger partial charge is 0.171 e. The summed E-state index contributed by atoms with van der Waals surface area (Å²) in [5.41, 5.74) is 6.87. The Bertz CT molecular complexity index is 673. The highest BCUT2D eigenvalue weighted by molar-refractivity contribution is 7.80. The van der Waals surface area contributed by atoms with Gasteiger partial charge in [-0.3, -0.25) is 4.68 Å². The minimum atomic E-state index is 0.629. The van der Waals surface area contributed by atoms with Crippen LogP contribution in [0.3, 0.4) is 0 Å². The number of hydrogen-bond acceptors (Lipinski definition) is 2. The number of aromatic nitrogens is 2. The van der Waals surface area contributed by atoms with Gasteiger partial charge in [0.1, 0.15) is 0 Å². The highest BCUT2D eigenvalue weighted by Crippen LogP contribution is 2.16. The van der Waals surface area contributed by atoms with Crippen LogP contribution in [-0.2, 0) is 13.6 Å². The molecule has 1 aromatic carbocycles. The van der Waals surface area contributed by atoms with Crippen LogP contribution >= 0.6 is 12.2 Å². The molecule has 0 bridgehead atoms. The lowest BCUT2D eigenvalue weighted by Crippen LogP contribution is -2.28. The molecule has 0 aliphatic rings. The maximum atomic E-state index is 5.37. The Morgan fingerprint density at radius 2 is 1.95 bits per heavy atom. The second kappa shape index (κ2) is 6.26. The van der Waals surface area contributed by atoms with Crippen LogP contribution in [0.1, 0.15) is 28.1 Å². The van der Waals surface area contributed by atoms with Crippen molar-refractivity contribution in [3.63, 3.8) is 0 Å². The molecule has 0 unspecified atom stereocenters. The van der Waals surface area contributed by atoms with E-state index in [1.165, 1.54) is 16.7 Å². The van der Waals surface area contributed by atoms with Gasteiger partial charge in [0.15, 0.2) is 5.11 Å². The van der Waals surface area contributed by atoms with E-state index in [9.17, 15) is 0 Å². The molecule has 0 amide bonds. The molecule has 0 aliphatic carbocycles. The predicted molar refractivity (Wildman–Crippen MR) is 91.7 cm³/mol. The second-order valence-electron chi connectivity index (χ2n) is 5.40. The molecule has 2 rings (SSSR count). The van der Waals surface area contributed by atoms with Gasteiger partial charge < -0.3 is 10.6 Å². The minimum Gasteiger partial charge on any atom is -0.358 e. The highest BCUT2D eigenvalue weighted by Gasteiger charge is 2.09. The number of nitrogens with zero attached hydrogens (tertiary/aromatic N) is 2. The van der Waals surface area contributed by atoms with Crippen LogP contribution in [-0.4, -0.2) is 14.9 Å². The Hall–Kier alpha value is -1.88. The van der Waals surface area contributed by atoms with Crippen LogP contribution in [0.2, 0.25) is 0 Å². The summed E-state index contributed by atoms with van der Waals surface area (Å²) in [6.07, 6.45) is 0. The summed E-state index contributed by atoms with van der Waals surface area (Å²) in [7, 11) is 1.96. The van der Waals surface area contributed by atoms with E-state index in [0.717, 1.165) is 17.1 Å². The van der Waals surface area contributed by atoms with Crippen molar-refractivity contribution >= 4 is 23.0 Å². The number of hydrogen-bond donors (Lipinski definition) is 2. The van der Waals surface area contributed by atoms with E-state index in [4.69, 9.17) is 12.2 Å². The molecule has 21 heavy (non-hydrogen) atoms. The van der Waals surface area contributed by atoms with Gasteiger partial charge in [-0.15, -0.1) is 0 Å². The average Bonchev–Trinajstić information content (AvgIpc) is 2.65. The molecule has 0 spiro atoms. The third-order valence-corrected chi connectivity index (χ3v) is 3.96. The zero-order chi connectivity index (χ0) is 15.6. The SMILES string of the molecule is Cc1ccc(NC(=S)NCc2c(C)nn(C)c2C)c(C)c1. The summed E-state index contributed by atoms with van der Waals surface area (Å²) in [5, 5.41) is 11.5. The number of rotatable bonds is 3. The number of aryl methyl sites for hydroxylation is 4. The van der Waals surface area contributed by atoms with Crippen LogP contribution in [0.5, 0.6) is 0 Å². The van der Waals surface area contributed by atoms with Gasteiger partial charge in [-0.1, -0.05) is 17.7 Å². The minimum absolute atomic E-state index is 0.629. The predicted octanol–water partition coefficient (Wildman–Crippen LogP) is 3.14. The Labute approximate surface area is 131 Å². The fourth-order valence-corrected chi connectivity index (χ4v) is 2.54. The first-order valence-electron chi connectivity index (χ1n) is 6.99. The standard InChI is InChI=1S/C16H22N4S/c1-10-6-7-15(11(2)8-10)18-16(21)17-9-14-12(3)19-20(5)13(14)4/h6-8H,9H2,1-5H3,(H2,17,18,21). The average molecular weight is 302 g/mol. The molecule has 0 saturated carbocycles. The normalized spacial score (nSPS) is 10.5. The summed E-state index contributed by atoms with van der Waals surface area (Å²) in [4.78, 5) is 0. The Kier molecular flexibility index (Phi) is 4.63. The largest absolute Gasteiger partial charge is 0.358 e. The van der Waals surface area contributed by atoms with Gasteiger partial charge in [0, 0.05) is 30.5 Å². The molecular weight excluding hydrogens is 280 g/mol. The van der Waals surface area contributed by atoms with E-state index < -0.39 is 0 Å². The van der Waals surface area contributed by atoms with Gasteiger partial charge in [0.25, 0.3) is 0 Å². The third-order valence-electron chi connectivity index (χ3n) is 3.71. The molecule has 4 nitrogen and oxygen atoms in total. The molecule has 5 heteroatoms. The van der Waals surface area contributed by atoms with E-state index in [1.807, 2.05) is 18.7 Å². The molecule has 0 radical (unpaired) electrons. The van der Waals surface area contributed by atoms with Crippen molar-refractivity contribution in [1.29, 1.82) is 0 Å². The van der Waals surface area contributed by atoms with E-state index in [1.54, 1.807) is 0 Å². The van der Waals surface area contributed by atoms with Gasteiger partial charge in [-0.25, -0.2) is 0 Å². The van der Waals surface area contributed by atoms with E-state index in [2.05, 4.69) is 54.7 Å².